The topological polar surface area (TPSA) is 69.8 Å². The van der Waals surface area contributed by atoms with Crippen molar-refractivity contribution < 1.29 is 18.4 Å². The van der Waals surface area contributed by atoms with E-state index >= 15 is 0 Å². The number of Topliss-reactive ketones (excluding diaryl/α,β-unsaturated/α-hetero) is 2. The van der Waals surface area contributed by atoms with Crippen molar-refractivity contribution in [2.45, 2.75) is 108 Å². The molecule has 0 radical (unpaired) electrons. The second-order valence-corrected chi connectivity index (χ2v) is 18.5. The van der Waals surface area contributed by atoms with Gasteiger partial charge in [0.1, 0.15) is 17.4 Å². The first-order valence-electron chi connectivity index (χ1n) is 23.0. The van der Waals surface area contributed by atoms with Crippen molar-refractivity contribution in [3.8, 4) is 11.4 Å². The summed E-state index contributed by atoms with van der Waals surface area (Å²) in [5, 5.41) is 11.5. The molecule has 11 rings (SSSR count). The SMILES string of the molecule is CC[C@@]12C/C(=C\c3ccccc3)C(=O)C[C@@H]1CCCc1cc3c(cnn3-c3ccc(F)cc3)cc12.CC[C@@]12CCC(=O)C[C@@H]1CCCc1cc3c(cnn3-c3ccc(F)cc3)cc12. The van der Waals surface area contributed by atoms with E-state index in [2.05, 4.69) is 66.5 Å². The molecule has 2 saturated carbocycles. The Morgan fingerprint density at radius 1 is 0.651 bits per heavy atom. The van der Waals surface area contributed by atoms with Gasteiger partial charge in [-0.2, -0.15) is 10.2 Å². The van der Waals surface area contributed by atoms with Crippen molar-refractivity contribution in [2.75, 3.05) is 0 Å². The second-order valence-electron chi connectivity index (χ2n) is 18.5. The number of carbonyl (C=O) groups excluding carboxylic acids is 2. The molecule has 6 nitrogen and oxygen atoms in total. The van der Waals surface area contributed by atoms with E-state index in [0.29, 0.717) is 36.2 Å². The number of fused-ring (bicyclic) bond motifs is 8. The van der Waals surface area contributed by atoms with Crippen molar-refractivity contribution in [3.63, 3.8) is 0 Å². The van der Waals surface area contributed by atoms with Crippen LogP contribution < -0.4 is 0 Å². The minimum atomic E-state index is -0.249. The molecule has 0 unspecified atom stereocenters. The lowest BCUT2D eigenvalue weighted by molar-refractivity contribution is -0.123. The number of carbonyl (C=O) groups is 2. The summed E-state index contributed by atoms with van der Waals surface area (Å²) in [5.74, 6) is 1.07. The highest BCUT2D eigenvalue weighted by Gasteiger charge is 2.48. The molecule has 0 bridgehead atoms. The van der Waals surface area contributed by atoms with Crippen LogP contribution in [0.3, 0.4) is 0 Å². The Kier molecular flexibility index (Phi) is 10.8. The lowest BCUT2D eigenvalue weighted by Gasteiger charge is -2.44. The Bertz CT molecular complexity index is 2880. The van der Waals surface area contributed by atoms with Crippen LogP contribution in [0, 0.1) is 23.5 Å². The molecule has 2 heterocycles. The van der Waals surface area contributed by atoms with Gasteiger partial charge < -0.3 is 0 Å². The summed E-state index contributed by atoms with van der Waals surface area (Å²) < 4.78 is 30.6. The maximum absolute atomic E-state index is 13.5. The van der Waals surface area contributed by atoms with Gasteiger partial charge in [0, 0.05) is 35.4 Å². The molecule has 63 heavy (non-hydrogen) atoms. The Balaban J connectivity index is 0.000000153. The standard InChI is InChI=1S/C31H29FN2O.C24H25FN2O/c1-2-31-19-23(15-21-7-4-3-5-8-21)30(35)18-25(31)10-6-9-22-17-29-24(16-28(22)31)20-33-34(29)27-13-11-26(32)12-14-27;1-2-24-11-10-21(28)14-18(24)5-3-4-16-13-23-17(12-22(16)24)15-26-27(23)20-8-6-19(25)7-9-20/h3-5,7-8,11-17,20,25H,2,6,9-10,18-19H2,1H3;6-9,12-13,15,18H,2-5,10-11,14H2,1H3/b23-15+;/t25-,31+;18-,24+/m00/s1. The monoisotopic (exact) mass is 840 g/mol. The van der Waals surface area contributed by atoms with Crippen LogP contribution in [0.4, 0.5) is 8.78 Å². The van der Waals surface area contributed by atoms with E-state index in [-0.39, 0.29) is 22.5 Å². The molecular weight excluding hydrogens is 787 g/mol. The Morgan fingerprint density at radius 3 is 1.71 bits per heavy atom. The van der Waals surface area contributed by atoms with Gasteiger partial charge in [0.15, 0.2) is 5.78 Å². The normalized spacial score (nSPS) is 23.8. The first-order chi connectivity index (χ1) is 30.7. The van der Waals surface area contributed by atoms with Crippen molar-refractivity contribution in [1.29, 1.82) is 0 Å². The van der Waals surface area contributed by atoms with Gasteiger partial charge >= 0.3 is 0 Å². The molecule has 0 N–H and O–H groups in total. The number of rotatable bonds is 5. The van der Waals surface area contributed by atoms with Crippen molar-refractivity contribution >= 4 is 39.4 Å². The summed E-state index contributed by atoms with van der Waals surface area (Å²) in [4.78, 5) is 25.4. The van der Waals surface area contributed by atoms with Gasteiger partial charge in [-0.15, -0.1) is 0 Å². The van der Waals surface area contributed by atoms with Gasteiger partial charge in [0.05, 0.1) is 34.8 Å². The van der Waals surface area contributed by atoms with Crippen LogP contribution in [0.25, 0.3) is 39.3 Å². The highest BCUT2D eigenvalue weighted by atomic mass is 19.1. The van der Waals surface area contributed by atoms with Crippen molar-refractivity contribution in [2.24, 2.45) is 11.8 Å². The average Bonchev–Trinajstić information content (AvgIpc) is 3.83. The molecule has 320 valence electrons. The van der Waals surface area contributed by atoms with Crippen LogP contribution >= 0.6 is 0 Å². The summed E-state index contributed by atoms with van der Waals surface area (Å²) in [7, 11) is 0. The highest BCUT2D eigenvalue weighted by Crippen LogP contribution is 2.53. The minimum Gasteiger partial charge on any atom is -0.300 e. The Morgan fingerprint density at radius 2 is 1.17 bits per heavy atom. The number of halogens is 2. The fraction of sp³-hybridized carbons (Fsp3) is 0.345. The molecule has 2 aromatic heterocycles. The lowest BCUT2D eigenvalue weighted by atomic mass is 9.58. The zero-order valence-electron chi connectivity index (χ0n) is 36.3. The van der Waals surface area contributed by atoms with E-state index in [4.69, 9.17) is 0 Å². The molecule has 0 spiro atoms. The third-order valence-corrected chi connectivity index (χ3v) is 15.4. The van der Waals surface area contributed by atoms with E-state index in [1.807, 2.05) is 40.0 Å². The Hall–Kier alpha value is -6.02. The fourth-order valence-electron chi connectivity index (χ4n) is 12.1. The number of hydrogen-bond acceptors (Lipinski definition) is 4. The Labute approximate surface area is 368 Å². The molecule has 2 fully saturated rings. The number of allylic oxidation sites excluding steroid dienone is 1. The molecule has 8 heteroatoms. The van der Waals surface area contributed by atoms with Gasteiger partial charge in [0.25, 0.3) is 0 Å². The van der Waals surface area contributed by atoms with Crippen molar-refractivity contribution in [3.05, 3.63) is 161 Å². The number of benzene rings is 5. The molecule has 4 aliphatic rings. The van der Waals surface area contributed by atoms with E-state index in [1.54, 1.807) is 24.3 Å². The first-order valence-corrected chi connectivity index (χ1v) is 23.0. The van der Waals surface area contributed by atoms with Crippen LogP contribution in [0.1, 0.15) is 112 Å². The van der Waals surface area contributed by atoms with Crippen LogP contribution in [0.5, 0.6) is 0 Å². The molecule has 4 aliphatic carbocycles. The van der Waals surface area contributed by atoms with Crippen LogP contribution in [-0.4, -0.2) is 31.1 Å². The van der Waals surface area contributed by atoms with E-state index in [1.165, 1.54) is 46.5 Å². The smallest absolute Gasteiger partial charge is 0.159 e. The van der Waals surface area contributed by atoms with E-state index < -0.39 is 0 Å². The molecule has 0 amide bonds. The summed E-state index contributed by atoms with van der Waals surface area (Å²) in [6, 6.07) is 32.4. The number of ketones is 2. The number of nitrogens with zero attached hydrogens (tertiary/aromatic N) is 4. The van der Waals surface area contributed by atoms with Gasteiger partial charge in [-0.25, -0.2) is 18.1 Å². The third-order valence-electron chi connectivity index (χ3n) is 15.4. The average molecular weight is 841 g/mol. The number of aromatic nitrogens is 4. The summed E-state index contributed by atoms with van der Waals surface area (Å²) >= 11 is 0. The zero-order valence-corrected chi connectivity index (χ0v) is 36.3. The predicted octanol–water partition coefficient (Wildman–Crippen LogP) is 12.7. The maximum Gasteiger partial charge on any atom is 0.159 e. The quantitative estimate of drug-likeness (QED) is 0.162. The molecule has 0 aliphatic heterocycles. The van der Waals surface area contributed by atoms with Gasteiger partial charge in [-0.3, -0.25) is 9.59 Å². The van der Waals surface area contributed by atoms with Crippen LogP contribution in [0.15, 0.2) is 121 Å². The predicted molar refractivity (Wildman–Crippen MR) is 246 cm³/mol. The van der Waals surface area contributed by atoms with Gasteiger partial charge in [-0.1, -0.05) is 44.2 Å². The van der Waals surface area contributed by atoms with Crippen LogP contribution in [-0.2, 0) is 33.3 Å². The highest BCUT2D eigenvalue weighted by molar-refractivity contribution is 6.01. The molecule has 4 atom stereocenters. The first kappa shape index (κ1) is 41.0. The number of aryl methyl sites for hydroxylation is 2. The third kappa shape index (κ3) is 7.35. The lowest BCUT2D eigenvalue weighted by Crippen LogP contribution is -2.41. The molecule has 7 aromatic rings. The summed E-state index contributed by atoms with van der Waals surface area (Å²) in [6.45, 7) is 4.56. The molecule has 0 saturated heterocycles. The largest absolute Gasteiger partial charge is 0.300 e. The second kappa shape index (κ2) is 16.6. The maximum atomic E-state index is 13.5. The van der Waals surface area contributed by atoms with Gasteiger partial charge in [0.2, 0.25) is 0 Å². The van der Waals surface area contributed by atoms with Gasteiger partial charge in [-0.05, 0) is 194 Å². The molecule has 5 aromatic carbocycles. The van der Waals surface area contributed by atoms with E-state index in [9.17, 15) is 18.4 Å². The molecular formula is C55H54F2N4O2. The fourth-order valence-corrected chi connectivity index (χ4v) is 12.1. The van der Waals surface area contributed by atoms with E-state index in [0.717, 1.165) is 115 Å². The summed E-state index contributed by atoms with van der Waals surface area (Å²) in [5.41, 5.74) is 11.5. The number of hydrogen-bond donors (Lipinski definition) is 0. The summed E-state index contributed by atoms with van der Waals surface area (Å²) in [6.07, 6.45) is 18.3. The zero-order chi connectivity index (χ0) is 43.3. The van der Waals surface area contributed by atoms with Crippen molar-refractivity contribution in [1.82, 2.24) is 19.6 Å². The van der Waals surface area contributed by atoms with Crippen LogP contribution in [0.2, 0.25) is 0 Å². The minimum absolute atomic E-state index is 0.0491.